The first-order valence-corrected chi connectivity index (χ1v) is 15.5. The summed E-state index contributed by atoms with van der Waals surface area (Å²) in [6.45, 7) is 0.782. The summed E-state index contributed by atoms with van der Waals surface area (Å²) in [7, 11) is -1.21. The number of hydrogen-bond acceptors (Lipinski definition) is 12. The number of imidazole rings is 2. The van der Waals surface area contributed by atoms with Crippen molar-refractivity contribution in [1.82, 2.24) is 50.0 Å². The van der Waals surface area contributed by atoms with Crippen molar-refractivity contribution in [2.45, 2.75) is 63.1 Å². The SMILES string of the molecule is Cn1cncc1CONC(=O)[C@@H]1CC[C@@H]2CN1C(=O)N2O.Cn1cncc1CONC(=O)[C@@H]1CC[C@@H]2CN1C(=O)N2OS(=O)(=O)O. The van der Waals surface area contributed by atoms with E-state index in [1.54, 1.807) is 41.2 Å². The van der Waals surface area contributed by atoms with Crippen LogP contribution in [0.4, 0.5) is 9.59 Å². The first-order chi connectivity index (χ1) is 21.8. The third kappa shape index (κ3) is 7.21. The van der Waals surface area contributed by atoms with Crippen LogP contribution in [0, 0.1) is 0 Å². The average Bonchev–Trinajstić information content (AvgIpc) is 3.74. The van der Waals surface area contributed by atoms with Crippen LogP contribution in [0.3, 0.4) is 0 Å². The molecule has 21 nitrogen and oxygen atoms in total. The summed E-state index contributed by atoms with van der Waals surface area (Å²) in [4.78, 5) is 69.1. The summed E-state index contributed by atoms with van der Waals surface area (Å²) in [6, 6.07) is -3.50. The molecule has 252 valence electrons. The number of aromatic nitrogens is 4. The van der Waals surface area contributed by atoms with E-state index in [2.05, 4.69) is 25.2 Å². The third-order valence-electron chi connectivity index (χ3n) is 8.07. The highest BCUT2D eigenvalue weighted by atomic mass is 32.3. The maximum atomic E-state index is 12.3. The van der Waals surface area contributed by atoms with Crippen LogP contribution in [0.1, 0.15) is 37.1 Å². The first-order valence-electron chi connectivity index (χ1n) is 14.1. The van der Waals surface area contributed by atoms with Gasteiger partial charge in [-0.25, -0.2) is 35.6 Å². The summed E-state index contributed by atoms with van der Waals surface area (Å²) in [6.07, 6.45) is 8.22. The molecular weight excluding hydrogens is 636 g/mol. The highest BCUT2D eigenvalue weighted by Crippen LogP contribution is 2.31. The van der Waals surface area contributed by atoms with Gasteiger partial charge in [0.15, 0.2) is 0 Å². The quantitative estimate of drug-likeness (QED) is 0.129. The summed E-state index contributed by atoms with van der Waals surface area (Å²) < 4.78 is 38.2. The Morgan fingerprint density at radius 1 is 0.848 bits per heavy atom. The van der Waals surface area contributed by atoms with E-state index in [9.17, 15) is 32.8 Å². The number of urea groups is 2. The molecule has 0 radical (unpaired) electrons. The van der Waals surface area contributed by atoms with Gasteiger partial charge in [0.25, 0.3) is 11.8 Å². The molecule has 0 aromatic carbocycles. The van der Waals surface area contributed by atoms with Gasteiger partial charge in [0.2, 0.25) is 0 Å². The van der Waals surface area contributed by atoms with Gasteiger partial charge >= 0.3 is 22.5 Å². The van der Waals surface area contributed by atoms with Crippen LogP contribution in [0.25, 0.3) is 0 Å². The average molecular weight is 671 g/mol. The Balaban J connectivity index is 0.000000184. The Kier molecular flexibility index (Phi) is 9.74. The van der Waals surface area contributed by atoms with Gasteiger partial charge in [-0.15, -0.1) is 4.28 Å². The highest BCUT2D eigenvalue weighted by molar-refractivity contribution is 7.80. The molecule has 4 fully saturated rings. The van der Waals surface area contributed by atoms with Gasteiger partial charge in [-0.3, -0.25) is 29.0 Å². The normalized spacial score (nSPS) is 23.8. The lowest BCUT2D eigenvalue weighted by Gasteiger charge is -2.28. The molecule has 4 aliphatic heterocycles. The maximum absolute atomic E-state index is 12.3. The smallest absolute Gasteiger partial charge is 0.336 e. The topological polar surface area (TPSA) is 243 Å². The Bertz CT molecular complexity index is 1560. The van der Waals surface area contributed by atoms with E-state index in [0.29, 0.717) is 42.4 Å². The second-order valence-corrected chi connectivity index (χ2v) is 12.0. The van der Waals surface area contributed by atoms with Crippen LogP contribution in [-0.4, -0.2) is 118 Å². The fourth-order valence-corrected chi connectivity index (χ4v) is 5.96. The van der Waals surface area contributed by atoms with Crippen LogP contribution in [-0.2, 0) is 61.3 Å². The highest BCUT2D eigenvalue weighted by Gasteiger charge is 2.49. The zero-order valence-corrected chi connectivity index (χ0v) is 25.6. The van der Waals surface area contributed by atoms with E-state index in [1.165, 1.54) is 9.80 Å². The summed E-state index contributed by atoms with van der Waals surface area (Å²) in [5, 5.41) is 10.9. The summed E-state index contributed by atoms with van der Waals surface area (Å²) >= 11 is 0. The number of carbonyl (C=O) groups is 4. The van der Waals surface area contributed by atoms with Crippen molar-refractivity contribution in [1.29, 1.82) is 0 Å². The second-order valence-electron chi connectivity index (χ2n) is 11.0. The van der Waals surface area contributed by atoms with E-state index < -0.39 is 46.5 Å². The maximum Gasteiger partial charge on any atom is 0.418 e. The van der Waals surface area contributed by atoms with E-state index in [-0.39, 0.29) is 31.7 Å². The van der Waals surface area contributed by atoms with E-state index in [0.717, 1.165) is 11.4 Å². The van der Waals surface area contributed by atoms with Crippen molar-refractivity contribution in [2.24, 2.45) is 14.1 Å². The van der Waals surface area contributed by atoms with E-state index in [1.807, 2.05) is 7.05 Å². The summed E-state index contributed by atoms with van der Waals surface area (Å²) in [5.41, 5.74) is 6.21. The molecule has 0 unspecified atom stereocenters. The Morgan fingerprint density at radius 3 is 1.80 bits per heavy atom. The molecule has 22 heteroatoms. The molecule has 4 N–H and O–H groups in total. The number of aryl methyl sites for hydroxylation is 2. The largest absolute Gasteiger partial charge is 0.418 e. The molecule has 4 saturated heterocycles. The number of hydrogen-bond donors (Lipinski definition) is 4. The third-order valence-corrected chi connectivity index (χ3v) is 8.41. The number of carbonyl (C=O) groups excluding carboxylic acids is 4. The number of fused-ring (bicyclic) bond motifs is 4. The molecule has 46 heavy (non-hydrogen) atoms. The van der Waals surface area contributed by atoms with E-state index in [4.69, 9.17) is 14.2 Å². The van der Waals surface area contributed by atoms with Gasteiger partial charge < -0.3 is 18.9 Å². The lowest BCUT2D eigenvalue weighted by atomic mass is 10.0. The molecule has 4 atom stereocenters. The van der Waals surface area contributed by atoms with Gasteiger partial charge in [-0.2, -0.15) is 13.5 Å². The predicted octanol–water partition coefficient (Wildman–Crippen LogP) is -1.40. The zero-order chi connectivity index (χ0) is 33.2. The predicted molar refractivity (Wildman–Crippen MR) is 148 cm³/mol. The Morgan fingerprint density at radius 2 is 1.33 bits per heavy atom. The molecule has 4 aliphatic rings. The van der Waals surface area contributed by atoms with Crippen molar-refractivity contribution in [2.75, 3.05) is 13.1 Å². The molecule has 2 aromatic heterocycles. The minimum atomic E-state index is -4.82. The monoisotopic (exact) mass is 670 g/mol. The van der Waals surface area contributed by atoms with Crippen molar-refractivity contribution in [3.05, 3.63) is 36.4 Å². The van der Waals surface area contributed by atoms with Gasteiger partial charge in [0.1, 0.15) is 25.3 Å². The minimum absolute atomic E-state index is 0.101. The van der Waals surface area contributed by atoms with Gasteiger partial charge in [-0.05, 0) is 25.7 Å². The fraction of sp³-hybridized carbons (Fsp3) is 0.583. The number of nitrogens with zero attached hydrogens (tertiary/aromatic N) is 8. The van der Waals surface area contributed by atoms with Crippen molar-refractivity contribution < 1.29 is 51.3 Å². The van der Waals surface area contributed by atoms with Gasteiger partial charge in [-0.1, -0.05) is 0 Å². The van der Waals surface area contributed by atoms with Crippen LogP contribution in [0.2, 0.25) is 0 Å². The van der Waals surface area contributed by atoms with Gasteiger partial charge in [0.05, 0.1) is 48.5 Å². The number of hydroxylamine groups is 6. The van der Waals surface area contributed by atoms with Crippen LogP contribution < -0.4 is 11.0 Å². The molecular formula is C24H34N10O11S. The van der Waals surface area contributed by atoms with E-state index >= 15 is 0 Å². The number of rotatable bonds is 10. The van der Waals surface area contributed by atoms with Crippen molar-refractivity contribution >= 4 is 34.3 Å². The Hall–Kier alpha value is -4.35. The molecule has 6 amide bonds. The van der Waals surface area contributed by atoms with Gasteiger partial charge in [0, 0.05) is 27.2 Å². The van der Waals surface area contributed by atoms with Crippen molar-refractivity contribution in [3.8, 4) is 0 Å². The lowest BCUT2D eigenvalue weighted by molar-refractivity contribution is -0.140. The minimum Gasteiger partial charge on any atom is -0.336 e. The molecule has 6 heterocycles. The first kappa shape index (κ1) is 33.0. The van der Waals surface area contributed by atoms with Crippen LogP contribution >= 0.6 is 0 Å². The molecule has 0 saturated carbocycles. The molecule has 2 aromatic rings. The number of amides is 6. The lowest BCUT2D eigenvalue weighted by Crippen LogP contribution is -2.49. The molecule has 0 spiro atoms. The van der Waals surface area contributed by atoms with Crippen LogP contribution in [0.15, 0.2) is 25.0 Å². The molecule has 0 aliphatic carbocycles. The number of nitrogens with one attached hydrogen (secondary N) is 2. The van der Waals surface area contributed by atoms with Crippen LogP contribution in [0.5, 0.6) is 0 Å². The molecule has 4 bridgehead atoms. The summed E-state index contributed by atoms with van der Waals surface area (Å²) in [5.74, 6) is -0.901. The fourth-order valence-electron chi connectivity index (χ4n) is 5.57. The Labute approximate surface area is 262 Å². The van der Waals surface area contributed by atoms with Crippen molar-refractivity contribution in [3.63, 3.8) is 0 Å². The zero-order valence-electron chi connectivity index (χ0n) is 24.8. The second kappa shape index (κ2) is 13.6. The molecule has 6 rings (SSSR count). The standard InChI is InChI=1S/C12H17N5O7S.C12H17N5O4/c1-15-7-13-4-9(15)6-23-14-11(18)10-3-2-8-5-16(10)12(19)17(8)24-25(20,21)22;1-15-7-13-4-9(15)6-21-14-11(18)10-3-2-8-5-16(10)12(19)17(8)20/h4,7-8,10H,2-3,5-6H2,1H3,(H,14,18)(H,20,21,22);4,7-8,10,20H,2-3,5-6H2,1H3,(H,14,18)/t2*8-,10+/m11/s1. The number of piperidine rings is 2.